The summed E-state index contributed by atoms with van der Waals surface area (Å²) in [5.74, 6) is 0. The number of nitrogens with zero attached hydrogens (tertiary/aromatic N) is 1. The van der Waals surface area contributed by atoms with E-state index in [4.69, 9.17) is 23.2 Å². The minimum atomic E-state index is 0.715. The van der Waals surface area contributed by atoms with Gasteiger partial charge in [-0.15, -0.1) is 11.3 Å². The Balaban J connectivity index is 1.80. The second-order valence-corrected chi connectivity index (χ2v) is 5.83. The standard InChI is InChI=1S/C13H14Cl2N2S/c1-9-8-18-13(17-9)4-5-16-7-10-6-11(14)2-3-12(10)15/h2-3,6,8,16H,4-5,7H2,1H3. The van der Waals surface area contributed by atoms with Gasteiger partial charge in [0.2, 0.25) is 0 Å². The zero-order chi connectivity index (χ0) is 13.0. The third-order valence-corrected chi connectivity index (χ3v) is 4.14. The minimum Gasteiger partial charge on any atom is -0.312 e. The molecule has 0 atom stereocenters. The molecular formula is C13H14Cl2N2S. The van der Waals surface area contributed by atoms with Crippen LogP contribution in [0.5, 0.6) is 0 Å². The maximum absolute atomic E-state index is 6.09. The SMILES string of the molecule is Cc1csc(CCNCc2cc(Cl)ccc2Cl)n1. The quantitative estimate of drug-likeness (QED) is 0.841. The van der Waals surface area contributed by atoms with Crippen LogP contribution in [0.1, 0.15) is 16.3 Å². The molecule has 0 saturated carbocycles. The van der Waals surface area contributed by atoms with Crippen molar-refractivity contribution < 1.29 is 0 Å². The molecule has 0 saturated heterocycles. The predicted octanol–water partition coefficient (Wildman–Crippen LogP) is 4.09. The minimum absolute atomic E-state index is 0.715. The first kappa shape index (κ1) is 13.8. The van der Waals surface area contributed by atoms with E-state index in [1.165, 1.54) is 0 Å². The van der Waals surface area contributed by atoms with Crippen LogP contribution >= 0.6 is 34.5 Å². The van der Waals surface area contributed by atoms with E-state index in [2.05, 4.69) is 15.7 Å². The Morgan fingerprint density at radius 2 is 2.17 bits per heavy atom. The third-order valence-electron chi connectivity index (χ3n) is 2.51. The first-order valence-corrected chi connectivity index (χ1v) is 7.34. The monoisotopic (exact) mass is 300 g/mol. The molecule has 0 amide bonds. The molecule has 0 aliphatic heterocycles. The maximum atomic E-state index is 6.09. The number of rotatable bonds is 5. The Morgan fingerprint density at radius 1 is 1.33 bits per heavy atom. The van der Waals surface area contributed by atoms with Crippen molar-refractivity contribution in [2.45, 2.75) is 19.9 Å². The largest absolute Gasteiger partial charge is 0.312 e. The van der Waals surface area contributed by atoms with Crippen LogP contribution in [0.3, 0.4) is 0 Å². The van der Waals surface area contributed by atoms with E-state index in [1.807, 2.05) is 19.1 Å². The molecule has 96 valence electrons. The van der Waals surface area contributed by atoms with Crippen LogP contribution in [0.15, 0.2) is 23.6 Å². The summed E-state index contributed by atoms with van der Waals surface area (Å²) in [6, 6.07) is 5.52. The zero-order valence-corrected chi connectivity index (χ0v) is 12.4. The van der Waals surface area contributed by atoms with Gasteiger partial charge in [-0.2, -0.15) is 0 Å². The number of aryl methyl sites for hydroxylation is 1. The lowest BCUT2D eigenvalue weighted by Gasteiger charge is -2.06. The summed E-state index contributed by atoms with van der Waals surface area (Å²) in [4.78, 5) is 4.42. The van der Waals surface area contributed by atoms with Crippen LogP contribution in [-0.2, 0) is 13.0 Å². The van der Waals surface area contributed by atoms with E-state index in [1.54, 1.807) is 17.4 Å². The molecule has 0 aliphatic carbocycles. The second-order valence-electron chi connectivity index (χ2n) is 4.05. The molecule has 0 unspecified atom stereocenters. The predicted molar refractivity (Wildman–Crippen MR) is 78.7 cm³/mol. The summed E-state index contributed by atoms with van der Waals surface area (Å²) >= 11 is 13.7. The van der Waals surface area contributed by atoms with Gasteiger partial charge < -0.3 is 5.32 Å². The smallest absolute Gasteiger partial charge is 0.0940 e. The first-order chi connectivity index (χ1) is 8.65. The lowest BCUT2D eigenvalue weighted by Crippen LogP contribution is -2.16. The van der Waals surface area contributed by atoms with Gasteiger partial charge >= 0.3 is 0 Å². The van der Waals surface area contributed by atoms with Gasteiger partial charge in [-0.25, -0.2) is 4.98 Å². The molecule has 1 heterocycles. The fraction of sp³-hybridized carbons (Fsp3) is 0.308. The van der Waals surface area contributed by atoms with Crippen molar-refractivity contribution in [2.75, 3.05) is 6.54 Å². The van der Waals surface area contributed by atoms with Crippen molar-refractivity contribution in [3.63, 3.8) is 0 Å². The van der Waals surface area contributed by atoms with Crippen LogP contribution in [0.4, 0.5) is 0 Å². The molecule has 0 radical (unpaired) electrons. The lowest BCUT2D eigenvalue weighted by molar-refractivity contribution is 0.685. The highest BCUT2D eigenvalue weighted by atomic mass is 35.5. The second kappa shape index (κ2) is 6.53. The van der Waals surface area contributed by atoms with Crippen LogP contribution in [0.2, 0.25) is 10.0 Å². The van der Waals surface area contributed by atoms with E-state index in [0.29, 0.717) is 5.02 Å². The van der Waals surface area contributed by atoms with E-state index in [-0.39, 0.29) is 0 Å². The van der Waals surface area contributed by atoms with E-state index >= 15 is 0 Å². The summed E-state index contributed by atoms with van der Waals surface area (Å²) in [6.45, 7) is 3.62. The summed E-state index contributed by atoms with van der Waals surface area (Å²) in [6.07, 6.45) is 0.941. The molecule has 1 aromatic carbocycles. The van der Waals surface area contributed by atoms with Gasteiger partial charge in [0.1, 0.15) is 0 Å². The van der Waals surface area contributed by atoms with Crippen LogP contribution in [0.25, 0.3) is 0 Å². The van der Waals surface area contributed by atoms with Gasteiger partial charge in [0.05, 0.1) is 5.01 Å². The van der Waals surface area contributed by atoms with Gasteiger partial charge in [0.25, 0.3) is 0 Å². The number of benzene rings is 1. The molecule has 18 heavy (non-hydrogen) atoms. The van der Waals surface area contributed by atoms with Crippen LogP contribution in [0, 0.1) is 6.92 Å². The topological polar surface area (TPSA) is 24.9 Å². The fourth-order valence-electron chi connectivity index (χ4n) is 1.61. The maximum Gasteiger partial charge on any atom is 0.0940 e. The average Bonchev–Trinajstić information content (AvgIpc) is 2.75. The number of thiazole rings is 1. The van der Waals surface area contributed by atoms with Crippen LogP contribution in [-0.4, -0.2) is 11.5 Å². The van der Waals surface area contributed by atoms with Gasteiger partial charge in [-0.1, -0.05) is 23.2 Å². The van der Waals surface area contributed by atoms with Gasteiger partial charge in [0, 0.05) is 40.6 Å². The molecule has 0 spiro atoms. The molecule has 2 rings (SSSR count). The Bertz CT molecular complexity index is 525. The summed E-state index contributed by atoms with van der Waals surface area (Å²) in [5.41, 5.74) is 2.12. The molecule has 0 fully saturated rings. The number of hydrogen-bond acceptors (Lipinski definition) is 3. The van der Waals surface area contributed by atoms with E-state index in [0.717, 1.165) is 40.8 Å². The summed E-state index contributed by atoms with van der Waals surface area (Å²) in [7, 11) is 0. The average molecular weight is 301 g/mol. The molecular weight excluding hydrogens is 287 g/mol. The van der Waals surface area contributed by atoms with E-state index < -0.39 is 0 Å². The number of aromatic nitrogens is 1. The Morgan fingerprint density at radius 3 is 2.89 bits per heavy atom. The Labute approximate surface area is 121 Å². The number of halogens is 2. The highest BCUT2D eigenvalue weighted by Crippen LogP contribution is 2.20. The highest BCUT2D eigenvalue weighted by molar-refractivity contribution is 7.09. The highest BCUT2D eigenvalue weighted by Gasteiger charge is 2.02. The summed E-state index contributed by atoms with van der Waals surface area (Å²) in [5, 5.41) is 8.05. The van der Waals surface area contributed by atoms with Crippen molar-refractivity contribution in [1.82, 2.24) is 10.3 Å². The van der Waals surface area contributed by atoms with Crippen molar-refractivity contribution in [3.05, 3.63) is 49.9 Å². The molecule has 2 nitrogen and oxygen atoms in total. The fourth-order valence-corrected chi connectivity index (χ4v) is 2.77. The zero-order valence-electron chi connectivity index (χ0n) is 10.0. The van der Waals surface area contributed by atoms with Crippen molar-refractivity contribution in [1.29, 1.82) is 0 Å². The normalized spacial score (nSPS) is 10.8. The van der Waals surface area contributed by atoms with Crippen molar-refractivity contribution in [2.24, 2.45) is 0 Å². The summed E-state index contributed by atoms with van der Waals surface area (Å²) < 4.78 is 0. The molecule has 5 heteroatoms. The molecule has 2 aromatic rings. The molecule has 1 N–H and O–H groups in total. The number of nitrogens with one attached hydrogen (secondary N) is 1. The number of hydrogen-bond donors (Lipinski definition) is 1. The lowest BCUT2D eigenvalue weighted by atomic mass is 10.2. The van der Waals surface area contributed by atoms with Crippen molar-refractivity contribution in [3.8, 4) is 0 Å². The molecule has 0 bridgehead atoms. The van der Waals surface area contributed by atoms with E-state index in [9.17, 15) is 0 Å². The van der Waals surface area contributed by atoms with Crippen molar-refractivity contribution >= 4 is 34.5 Å². The molecule has 1 aromatic heterocycles. The Kier molecular flexibility index (Phi) is 5.01. The van der Waals surface area contributed by atoms with Gasteiger partial charge in [-0.3, -0.25) is 0 Å². The molecule has 0 aliphatic rings. The van der Waals surface area contributed by atoms with Crippen LogP contribution < -0.4 is 5.32 Å². The Hall–Kier alpha value is -0.610. The van der Waals surface area contributed by atoms with Gasteiger partial charge in [-0.05, 0) is 30.7 Å². The van der Waals surface area contributed by atoms with Gasteiger partial charge in [0.15, 0.2) is 0 Å². The first-order valence-electron chi connectivity index (χ1n) is 5.71. The third kappa shape index (κ3) is 3.95.